The summed E-state index contributed by atoms with van der Waals surface area (Å²) in [5, 5.41) is 3.28. The number of ether oxygens (including phenoxy) is 1. The maximum atomic E-state index is 5.72. The number of hydrogen-bond donors (Lipinski definition) is 1. The Hall–Kier alpha value is -1.02. The first-order valence-electron chi connectivity index (χ1n) is 6.46. The molecule has 0 aromatic heterocycles. The molecule has 1 aromatic rings. The fraction of sp³-hybridized carbons (Fsp3) is 0.600. The molecule has 0 aliphatic rings. The molecule has 17 heavy (non-hydrogen) atoms. The molecule has 1 N–H and O–H groups in total. The molecular formula is C15H25NO. The van der Waals surface area contributed by atoms with E-state index in [9.17, 15) is 0 Å². The van der Waals surface area contributed by atoms with Gasteiger partial charge in [-0.1, -0.05) is 19.1 Å². The Labute approximate surface area is 105 Å². The van der Waals surface area contributed by atoms with Crippen molar-refractivity contribution in [3.63, 3.8) is 0 Å². The lowest BCUT2D eigenvalue weighted by Crippen LogP contribution is -2.22. The van der Waals surface area contributed by atoms with Gasteiger partial charge in [-0.3, -0.25) is 0 Å². The van der Waals surface area contributed by atoms with E-state index in [0.717, 1.165) is 12.2 Å². The highest BCUT2D eigenvalue weighted by Gasteiger charge is 2.10. The summed E-state index contributed by atoms with van der Waals surface area (Å²) >= 11 is 0. The summed E-state index contributed by atoms with van der Waals surface area (Å²) in [5.74, 6) is 1.52. The van der Waals surface area contributed by atoms with Crippen LogP contribution in [0.1, 0.15) is 45.6 Å². The Morgan fingerprint density at radius 2 is 1.88 bits per heavy atom. The maximum Gasteiger partial charge on any atom is 0.119 e. The lowest BCUT2D eigenvalue weighted by Gasteiger charge is -2.18. The monoisotopic (exact) mass is 235 g/mol. The Balaban J connectivity index is 2.70. The van der Waals surface area contributed by atoms with Crippen LogP contribution < -0.4 is 10.1 Å². The van der Waals surface area contributed by atoms with Gasteiger partial charge in [0.1, 0.15) is 5.75 Å². The summed E-state index contributed by atoms with van der Waals surface area (Å²) in [4.78, 5) is 0. The van der Waals surface area contributed by atoms with Gasteiger partial charge in [0.25, 0.3) is 0 Å². The normalized spacial score (nSPS) is 14.7. The Morgan fingerprint density at radius 3 is 2.47 bits per heavy atom. The first-order valence-corrected chi connectivity index (χ1v) is 6.46. The Morgan fingerprint density at radius 1 is 1.18 bits per heavy atom. The van der Waals surface area contributed by atoms with Crippen LogP contribution in [-0.4, -0.2) is 19.2 Å². The van der Waals surface area contributed by atoms with Crippen LogP contribution in [-0.2, 0) is 0 Å². The van der Waals surface area contributed by atoms with Crippen LogP contribution in [0.15, 0.2) is 24.3 Å². The zero-order valence-electron chi connectivity index (χ0n) is 11.7. The van der Waals surface area contributed by atoms with Crippen LogP contribution in [0.2, 0.25) is 0 Å². The molecule has 0 bridgehead atoms. The molecule has 0 saturated carbocycles. The lowest BCUT2D eigenvalue weighted by molar-refractivity contribution is 0.242. The van der Waals surface area contributed by atoms with Crippen molar-refractivity contribution in [2.75, 3.05) is 7.05 Å². The minimum Gasteiger partial charge on any atom is -0.491 e. The third-order valence-electron chi connectivity index (χ3n) is 3.00. The van der Waals surface area contributed by atoms with Crippen molar-refractivity contribution in [1.82, 2.24) is 5.32 Å². The molecule has 2 unspecified atom stereocenters. The fourth-order valence-corrected chi connectivity index (χ4v) is 1.95. The third-order valence-corrected chi connectivity index (χ3v) is 3.00. The van der Waals surface area contributed by atoms with Gasteiger partial charge in [-0.25, -0.2) is 0 Å². The molecule has 0 radical (unpaired) electrons. The molecule has 0 aliphatic heterocycles. The molecular weight excluding hydrogens is 210 g/mol. The number of hydrogen-bond acceptors (Lipinski definition) is 2. The van der Waals surface area contributed by atoms with Gasteiger partial charge in [0.05, 0.1) is 6.10 Å². The molecule has 0 amide bonds. The van der Waals surface area contributed by atoms with Crippen LogP contribution in [0.5, 0.6) is 5.75 Å². The summed E-state index contributed by atoms with van der Waals surface area (Å²) in [7, 11) is 2.01. The molecule has 0 heterocycles. The van der Waals surface area contributed by atoms with Gasteiger partial charge in [-0.2, -0.15) is 0 Å². The van der Waals surface area contributed by atoms with E-state index in [1.165, 1.54) is 5.56 Å². The van der Waals surface area contributed by atoms with E-state index in [4.69, 9.17) is 4.74 Å². The smallest absolute Gasteiger partial charge is 0.119 e. The molecule has 1 rings (SSSR count). The van der Waals surface area contributed by atoms with E-state index in [-0.39, 0.29) is 6.10 Å². The zero-order chi connectivity index (χ0) is 12.8. The van der Waals surface area contributed by atoms with Gasteiger partial charge >= 0.3 is 0 Å². The molecule has 2 nitrogen and oxygen atoms in total. The van der Waals surface area contributed by atoms with Gasteiger partial charge in [-0.15, -0.1) is 0 Å². The average Bonchev–Trinajstić information content (AvgIpc) is 2.28. The highest BCUT2D eigenvalue weighted by atomic mass is 16.5. The van der Waals surface area contributed by atoms with Gasteiger partial charge in [0, 0.05) is 6.04 Å². The van der Waals surface area contributed by atoms with Crippen LogP contribution in [0.25, 0.3) is 0 Å². The van der Waals surface area contributed by atoms with Crippen molar-refractivity contribution in [2.45, 2.75) is 52.2 Å². The second-order valence-corrected chi connectivity index (χ2v) is 5.07. The molecule has 0 spiro atoms. The van der Waals surface area contributed by atoms with Crippen molar-refractivity contribution < 1.29 is 4.74 Å². The fourth-order valence-electron chi connectivity index (χ4n) is 1.95. The van der Waals surface area contributed by atoms with Gasteiger partial charge < -0.3 is 10.1 Å². The molecule has 0 saturated heterocycles. The third kappa shape index (κ3) is 4.78. The summed E-state index contributed by atoms with van der Waals surface area (Å²) in [6.07, 6.45) is 1.37. The lowest BCUT2D eigenvalue weighted by atomic mass is 9.94. The van der Waals surface area contributed by atoms with Crippen molar-refractivity contribution >= 4 is 0 Å². The predicted molar refractivity (Wildman–Crippen MR) is 73.8 cm³/mol. The topological polar surface area (TPSA) is 21.3 Å². The minimum atomic E-state index is 0.233. The van der Waals surface area contributed by atoms with Gasteiger partial charge in [0.15, 0.2) is 0 Å². The molecule has 1 aromatic carbocycles. The van der Waals surface area contributed by atoms with Crippen LogP contribution in [0.3, 0.4) is 0 Å². The summed E-state index contributed by atoms with van der Waals surface area (Å²) in [5.41, 5.74) is 1.35. The molecule has 96 valence electrons. The van der Waals surface area contributed by atoms with E-state index in [2.05, 4.69) is 51.2 Å². The van der Waals surface area contributed by atoms with Crippen LogP contribution in [0, 0.1) is 0 Å². The largest absolute Gasteiger partial charge is 0.491 e. The van der Waals surface area contributed by atoms with E-state index in [1.54, 1.807) is 0 Å². The summed E-state index contributed by atoms with van der Waals surface area (Å²) in [6, 6.07) is 8.98. The second kappa shape index (κ2) is 6.65. The highest BCUT2D eigenvalue weighted by molar-refractivity contribution is 5.30. The standard InChI is InChI=1S/C15H25NO/c1-11(2)17-15-8-6-7-14(10-15)12(3)9-13(4)16-5/h6-8,10-13,16H,9H2,1-5H3. The highest BCUT2D eigenvalue weighted by Crippen LogP contribution is 2.24. The molecule has 2 heteroatoms. The van der Waals surface area contributed by atoms with Crippen molar-refractivity contribution in [2.24, 2.45) is 0 Å². The van der Waals surface area contributed by atoms with Crippen LogP contribution >= 0.6 is 0 Å². The second-order valence-electron chi connectivity index (χ2n) is 5.07. The predicted octanol–water partition coefficient (Wildman–Crippen LogP) is 3.58. The van der Waals surface area contributed by atoms with Crippen LogP contribution in [0.4, 0.5) is 0 Å². The molecule has 0 aliphatic carbocycles. The van der Waals surface area contributed by atoms with E-state index in [1.807, 2.05) is 13.1 Å². The van der Waals surface area contributed by atoms with Crippen molar-refractivity contribution in [1.29, 1.82) is 0 Å². The number of benzene rings is 1. The van der Waals surface area contributed by atoms with E-state index < -0.39 is 0 Å². The zero-order valence-corrected chi connectivity index (χ0v) is 11.7. The van der Waals surface area contributed by atoms with Gasteiger partial charge in [0.2, 0.25) is 0 Å². The molecule has 0 fully saturated rings. The number of rotatable bonds is 6. The van der Waals surface area contributed by atoms with E-state index in [0.29, 0.717) is 12.0 Å². The number of nitrogens with one attached hydrogen (secondary N) is 1. The minimum absolute atomic E-state index is 0.233. The maximum absolute atomic E-state index is 5.72. The van der Waals surface area contributed by atoms with E-state index >= 15 is 0 Å². The SMILES string of the molecule is CNC(C)CC(C)c1cccc(OC(C)C)c1. The first kappa shape index (κ1) is 14.0. The summed E-state index contributed by atoms with van der Waals surface area (Å²) < 4.78 is 5.72. The quantitative estimate of drug-likeness (QED) is 0.814. The summed E-state index contributed by atoms with van der Waals surface area (Å²) in [6.45, 7) is 8.59. The Kier molecular flexibility index (Phi) is 5.49. The molecule has 2 atom stereocenters. The Bertz CT molecular complexity index is 335. The van der Waals surface area contributed by atoms with Gasteiger partial charge in [-0.05, 0) is 57.9 Å². The van der Waals surface area contributed by atoms with Crippen molar-refractivity contribution in [3.8, 4) is 5.75 Å². The average molecular weight is 235 g/mol. The first-order chi connectivity index (χ1) is 8.02. The van der Waals surface area contributed by atoms with Crippen molar-refractivity contribution in [3.05, 3.63) is 29.8 Å².